The number of nitrogens with zero attached hydrogens (tertiary/aromatic N) is 3. The molecule has 0 spiro atoms. The van der Waals surface area contributed by atoms with E-state index in [-0.39, 0.29) is 23.2 Å². The number of H-pyrrole nitrogens is 1. The Labute approximate surface area is 178 Å². The number of nitrogens with one attached hydrogen (secondary N) is 2. The third-order valence-corrected chi connectivity index (χ3v) is 5.82. The summed E-state index contributed by atoms with van der Waals surface area (Å²) in [5.74, 6) is -0.269. The molecular weight excluding hydrogens is 378 g/mol. The summed E-state index contributed by atoms with van der Waals surface area (Å²) >= 11 is 0. The van der Waals surface area contributed by atoms with Crippen LogP contribution in [0, 0.1) is 0 Å². The van der Waals surface area contributed by atoms with E-state index in [0.717, 1.165) is 25.2 Å². The average Bonchev–Trinajstić information content (AvgIpc) is 3.10. The summed E-state index contributed by atoms with van der Waals surface area (Å²) in [5, 5.41) is 4.15. The molecule has 2 N–H and O–H groups in total. The highest BCUT2D eigenvalue weighted by Gasteiger charge is 2.33. The molecule has 7 nitrogen and oxygen atoms in total. The molecule has 1 aliphatic heterocycles. The van der Waals surface area contributed by atoms with Crippen LogP contribution in [-0.2, 0) is 16.0 Å². The number of hydrogen-bond acceptors (Lipinski definition) is 4. The zero-order valence-corrected chi connectivity index (χ0v) is 18.7. The number of likely N-dealkylation sites (N-methyl/N-ethyl adjacent to an activating group) is 1. The van der Waals surface area contributed by atoms with Gasteiger partial charge in [0.2, 0.25) is 0 Å². The average molecular weight is 412 g/mol. The second-order valence-corrected chi connectivity index (χ2v) is 8.63. The molecule has 162 valence electrons. The van der Waals surface area contributed by atoms with Crippen LogP contribution in [0.3, 0.4) is 0 Å². The van der Waals surface area contributed by atoms with E-state index in [2.05, 4.69) is 58.6 Å². The van der Waals surface area contributed by atoms with Gasteiger partial charge in [-0.1, -0.05) is 24.8 Å². The number of amidine groups is 1. The number of hydrogen-bond donors (Lipinski definition) is 2. The first kappa shape index (κ1) is 21.9. The molecule has 0 saturated carbocycles. The number of carbonyl (C=O) groups excluding carboxylic acids is 1. The summed E-state index contributed by atoms with van der Waals surface area (Å²) in [6, 6.07) is 8.51. The van der Waals surface area contributed by atoms with E-state index in [1.165, 1.54) is 10.9 Å². The van der Waals surface area contributed by atoms with E-state index >= 15 is 0 Å². The minimum atomic E-state index is -0.322. The van der Waals surface area contributed by atoms with Crippen molar-refractivity contribution >= 4 is 22.8 Å². The molecule has 7 heteroatoms. The summed E-state index contributed by atoms with van der Waals surface area (Å²) in [6.07, 6.45) is 2.71. The van der Waals surface area contributed by atoms with Crippen LogP contribution < -0.4 is 5.32 Å². The Balaban J connectivity index is 1.56. The van der Waals surface area contributed by atoms with Crippen molar-refractivity contribution in [3.05, 3.63) is 48.4 Å². The summed E-state index contributed by atoms with van der Waals surface area (Å²) < 4.78 is 5.78. The molecule has 30 heavy (non-hydrogen) atoms. The monoisotopic (exact) mass is 411 g/mol. The minimum Gasteiger partial charge on any atom is -0.421 e. The lowest BCUT2D eigenvalue weighted by Gasteiger charge is -2.45. The van der Waals surface area contributed by atoms with Crippen molar-refractivity contribution in [2.45, 2.75) is 38.8 Å². The van der Waals surface area contributed by atoms with E-state index in [9.17, 15) is 4.79 Å². The first-order chi connectivity index (χ1) is 14.2. The number of fused-ring (bicyclic) bond motifs is 1. The highest BCUT2D eigenvalue weighted by atomic mass is 16.5. The Kier molecular flexibility index (Phi) is 6.51. The fourth-order valence-corrected chi connectivity index (χ4v) is 3.80. The molecule has 1 saturated heterocycles. The number of piperazine rings is 1. The molecule has 1 aromatic heterocycles. The Hall–Kier alpha value is -2.80. The van der Waals surface area contributed by atoms with Crippen LogP contribution in [0.2, 0.25) is 0 Å². The van der Waals surface area contributed by atoms with Gasteiger partial charge in [-0.15, -0.1) is 0 Å². The number of aliphatic imine (C=N–C) groups is 1. The highest BCUT2D eigenvalue weighted by Crippen LogP contribution is 2.21. The maximum Gasteiger partial charge on any atom is 0.292 e. The Bertz CT molecular complexity index is 946. The largest absolute Gasteiger partial charge is 0.421 e. The molecule has 1 atom stereocenters. The number of carbonyl (C=O) groups is 1. The van der Waals surface area contributed by atoms with Crippen molar-refractivity contribution in [1.82, 2.24) is 20.1 Å². The van der Waals surface area contributed by atoms with Crippen molar-refractivity contribution in [2.24, 2.45) is 4.99 Å². The van der Waals surface area contributed by atoms with Gasteiger partial charge in [0.15, 0.2) is 5.76 Å². The van der Waals surface area contributed by atoms with Gasteiger partial charge in [0, 0.05) is 55.4 Å². The number of para-hydroxylation sites is 1. The molecule has 0 radical (unpaired) electrons. The van der Waals surface area contributed by atoms with Crippen LogP contribution in [0.25, 0.3) is 10.9 Å². The van der Waals surface area contributed by atoms with E-state index in [1.54, 1.807) is 7.05 Å². The summed E-state index contributed by atoms with van der Waals surface area (Å²) in [4.78, 5) is 24.5. The molecule has 0 bridgehead atoms. The molecule has 1 unspecified atom stereocenters. The molecule has 1 aliphatic rings. The molecular formula is C23H33N5O2. The molecule has 3 rings (SSSR count). The zero-order valence-electron chi connectivity index (χ0n) is 18.7. The van der Waals surface area contributed by atoms with Gasteiger partial charge in [-0.25, -0.2) is 4.99 Å². The Morgan fingerprint density at radius 1 is 1.37 bits per heavy atom. The van der Waals surface area contributed by atoms with Gasteiger partial charge < -0.3 is 19.9 Å². The van der Waals surface area contributed by atoms with Crippen LogP contribution in [-0.4, -0.2) is 72.0 Å². The van der Waals surface area contributed by atoms with Gasteiger partial charge in [0.1, 0.15) is 0 Å². The fourth-order valence-electron chi connectivity index (χ4n) is 3.80. The minimum absolute atomic E-state index is 0.00497. The number of aromatic amines is 1. The van der Waals surface area contributed by atoms with Gasteiger partial charge in [0.05, 0.1) is 0 Å². The maximum absolute atomic E-state index is 12.6. The summed E-state index contributed by atoms with van der Waals surface area (Å²) in [6.45, 7) is 12.6. The number of aromatic nitrogens is 1. The van der Waals surface area contributed by atoms with Crippen molar-refractivity contribution in [3.63, 3.8) is 0 Å². The Morgan fingerprint density at radius 3 is 2.80 bits per heavy atom. The smallest absolute Gasteiger partial charge is 0.292 e. The molecule has 0 aliphatic carbocycles. The normalized spacial score (nSPS) is 18.3. The summed E-state index contributed by atoms with van der Waals surface area (Å²) in [7, 11) is 3.79. The van der Waals surface area contributed by atoms with Crippen LogP contribution >= 0.6 is 0 Å². The highest BCUT2D eigenvalue weighted by molar-refractivity contribution is 5.94. The van der Waals surface area contributed by atoms with E-state index < -0.39 is 0 Å². The van der Waals surface area contributed by atoms with Crippen molar-refractivity contribution in [1.29, 1.82) is 0 Å². The predicted molar refractivity (Wildman–Crippen MR) is 121 cm³/mol. The van der Waals surface area contributed by atoms with E-state index in [1.807, 2.05) is 31.3 Å². The lowest BCUT2D eigenvalue weighted by molar-refractivity contribution is -0.120. The van der Waals surface area contributed by atoms with E-state index in [4.69, 9.17) is 4.74 Å². The van der Waals surface area contributed by atoms with E-state index in [0.29, 0.717) is 12.4 Å². The molecule has 2 aromatic rings. The third kappa shape index (κ3) is 4.84. The van der Waals surface area contributed by atoms with Crippen molar-refractivity contribution < 1.29 is 9.53 Å². The first-order valence-corrected chi connectivity index (χ1v) is 10.4. The number of benzene rings is 1. The second-order valence-electron chi connectivity index (χ2n) is 8.63. The van der Waals surface area contributed by atoms with Gasteiger partial charge >= 0.3 is 0 Å². The topological polar surface area (TPSA) is 73.0 Å². The van der Waals surface area contributed by atoms with Gasteiger partial charge in [-0.05, 0) is 45.9 Å². The van der Waals surface area contributed by atoms with Crippen LogP contribution in [0.1, 0.15) is 26.3 Å². The zero-order chi connectivity index (χ0) is 21.9. The molecule has 2 heterocycles. The Morgan fingerprint density at radius 2 is 2.10 bits per heavy atom. The van der Waals surface area contributed by atoms with Crippen LogP contribution in [0.5, 0.6) is 0 Å². The predicted octanol–water partition coefficient (Wildman–Crippen LogP) is 2.76. The summed E-state index contributed by atoms with van der Waals surface area (Å²) in [5.41, 5.74) is 2.26. The van der Waals surface area contributed by atoms with Gasteiger partial charge in [-0.2, -0.15) is 0 Å². The lowest BCUT2D eigenvalue weighted by Crippen LogP contribution is -2.59. The number of amides is 1. The fraction of sp³-hybridized carbons (Fsp3) is 0.478. The first-order valence-electron chi connectivity index (χ1n) is 10.4. The van der Waals surface area contributed by atoms with Crippen LogP contribution in [0.15, 0.2) is 47.8 Å². The molecule has 1 aromatic carbocycles. The van der Waals surface area contributed by atoms with Crippen LogP contribution in [0.4, 0.5) is 0 Å². The van der Waals surface area contributed by atoms with Crippen molar-refractivity contribution in [3.8, 4) is 0 Å². The van der Waals surface area contributed by atoms with Gasteiger partial charge in [0.25, 0.3) is 11.9 Å². The van der Waals surface area contributed by atoms with Gasteiger partial charge in [-0.3, -0.25) is 9.69 Å². The number of rotatable bonds is 5. The number of ether oxygens (including phenoxy) is 1. The molecule has 1 amide bonds. The lowest BCUT2D eigenvalue weighted by atomic mass is 10.0. The maximum atomic E-state index is 12.6. The van der Waals surface area contributed by atoms with Crippen molar-refractivity contribution in [2.75, 3.05) is 33.7 Å². The quantitative estimate of drug-likeness (QED) is 0.343. The standard InChI is InChI=1S/C23H33N5O2/c1-16(13-18-14-25-20-10-8-7-9-19(18)20)26-21(29)17(2)30-22(24-5)28-12-11-27(6)23(3,4)15-28/h7-10,14,16,25H,2,11-13,15H2,1,3-6H3,(H,26,29)/b24-22-. The SMILES string of the molecule is C=C(O/C(=N\C)N1CCN(C)C(C)(C)C1)C(=O)NC(C)Cc1c[nH]c2ccccc12. The third-order valence-electron chi connectivity index (χ3n) is 5.82. The molecule has 1 fully saturated rings. The second kappa shape index (κ2) is 8.92.